The third kappa shape index (κ3) is 3.90. The second kappa shape index (κ2) is 6.66. The number of rotatable bonds is 5. The van der Waals surface area contributed by atoms with Gasteiger partial charge in [0.15, 0.2) is 0 Å². The molecule has 0 aliphatic carbocycles. The molecule has 0 amide bonds. The van der Waals surface area contributed by atoms with Crippen molar-refractivity contribution < 1.29 is 4.74 Å². The second-order valence-corrected chi connectivity index (χ2v) is 6.18. The van der Waals surface area contributed by atoms with Crippen LogP contribution in [0.3, 0.4) is 0 Å². The molecule has 20 heavy (non-hydrogen) atoms. The molecule has 2 aromatic rings. The molecular formula is C16H20N2OS. The van der Waals surface area contributed by atoms with Crippen LogP contribution in [0.2, 0.25) is 0 Å². The van der Waals surface area contributed by atoms with Crippen molar-refractivity contribution in [2.45, 2.75) is 30.7 Å². The van der Waals surface area contributed by atoms with Crippen molar-refractivity contribution in [1.82, 2.24) is 4.98 Å². The molecule has 0 saturated heterocycles. The Balaban J connectivity index is 2.17. The van der Waals surface area contributed by atoms with Gasteiger partial charge in [-0.3, -0.25) is 0 Å². The van der Waals surface area contributed by atoms with Gasteiger partial charge in [0.05, 0.1) is 12.3 Å². The molecule has 0 radical (unpaired) electrons. The van der Waals surface area contributed by atoms with Gasteiger partial charge in [0.25, 0.3) is 0 Å². The van der Waals surface area contributed by atoms with Crippen molar-refractivity contribution in [2.24, 2.45) is 5.92 Å². The first-order valence-corrected chi connectivity index (χ1v) is 7.50. The van der Waals surface area contributed by atoms with Crippen LogP contribution < -0.4 is 10.5 Å². The minimum Gasteiger partial charge on any atom is -0.476 e. The van der Waals surface area contributed by atoms with E-state index >= 15 is 0 Å². The van der Waals surface area contributed by atoms with E-state index in [0.717, 1.165) is 5.03 Å². The lowest BCUT2D eigenvalue weighted by Gasteiger charge is -2.11. The molecule has 0 aliphatic rings. The summed E-state index contributed by atoms with van der Waals surface area (Å²) in [6, 6.07) is 12.0. The summed E-state index contributed by atoms with van der Waals surface area (Å²) in [4.78, 5) is 5.69. The quantitative estimate of drug-likeness (QED) is 0.897. The van der Waals surface area contributed by atoms with Crippen LogP contribution >= 0.6 is 11.8 Å². The van der Waals surface area contributed by atoms with Gasteiger partial charge in [-0.2, -0.15) is 0 Å². The maximum absolute atomic E-state index is 5.90. The average molecular weight is 288 g/mol. The third-order valence-electron chi connectivity index (χ3n) is 2.73. The largest absolute Gasteiger partial charge is 0.476 e. The number of benzene rings is 1. The van der Waals surface area contributed by atoms with E-state index < -0.39 is 0 Å². The Hall–Kier alpha value is -1.68. The molecule has 0 bridgehead atoms. The maximum atomic E-state index is 5.90. The fraction of sp³-hybridized carbons (Fsp3) is 0.312. The molecule has 4 heteroatoms. The average Bonchev–Trinajstić information content (AvgIpc) is 2.42. The summed E-state index contributed by atoms with van der Waals surface area (Å²) in [7, 11) is 0. The molecule has 1 aromatic carbocycles. The van der Waals surface area contributed by atoms with E-state index in [-0.39, 0.29) is 0 Å². The highest BCUT2D eigenvalue weighted by Gasteiger charge is 2.08. The van der Waals surface area contributed by atoms with Crippen LogP contribution in [0, 0.1) is 12.8 Å². The monoisotopic (exact) mass is 288 g/mol. The van der Waals surface area contributed by atoms with Crippen LogP contribution in [0.4, 0.5) is 5.69 Å². The Labute approximate surface area is 124 Å². The van der Waals surface area contributed by atoms with Gasteiger partial charge in [-0.05, 0) is 36.6 Å². The molecule has 106 valence electrons. The Morgan fingerprint density at radius 2 is 1.95 bits per heavy atom. The first-order valence-electron chi connectivity index (χ1n) is 6.69. The van der Waals surface area contributed by atoms with Gasteiger partial charge in [-0.25, -0.2) is 4.98 Å². The fourth-order valence-electron chi connectivity index (χ4n) is 1.64. The van der Waals surface area contributed by atoms with Gasteiger partial charge in [0, 0.05) is 4.90 Å². The van der Waals surface area contributed by atoms with Gasteiger partial charge >= 0.3 is 0 Å². The van der Waals surface area contributed by atoms with Crippen molar-refractivity contribution in [3.8, 4) is 5.88 Å². The SMILES string of the molecule is Cc1ccccc1Sc1ccc(N)c(OCC(C)C)n1. The van der Waals surface area contributed by atoms with E-state index in [1.54, 1.807) is 11.8 Å². The fourth-order valence-corrected chi connectivity index (χ4v) is 2.50. The molecule has 2 rings (SSSR count). The third-order valence-corrected chi connectivity index (χ3v) is 3.84. The van der Waals surface area contributed by atoms with Crippen molar-refractivity contribution in [2.75, 3.05) is 12.3 Å². The number of pyridine rings is 1. The zero-order chi connectivity index (χ0) is 14.5. The Morgan fingerprint density at radius 3 is 2.65 bits per heavy atom. The lowest BCUT2D eigenvalue weighted by Crippen LogP contribution is -2.07. The summed E-state index contributed by atoms with van der Waals surface area (Å²) in [6.07, 6.45) is 0. The smallest absolute Gasteiger partial charge is 0.238 e. The number of aryl methyl sites for hydroxylation is 1. The summed E-state index contributed by atoms with van der Waals surface area (Å²) in [5, 5.41) is 0.896. The molecule has 0 spiro atoms. The van der Waals surface area contributed by atoms with Crippen LogP contribution in [0.15, 0.2) is 46.3 Å². The van der Waals surface area contributed by atoms with Crippen molar-refractivity contribution >= 4 is 17.4 Å². The number of hydrogen-bond acceptors (Lipinski definition) is 4. The van der Waals surface area contributed by atoms with Crippen LogP contribution in [-0.4, -0.2) is 11.6 Å². The second-order valence-electron chi connectivity index (χ2n) is 5.12. The predicted molar refractivity (Wildman–Crippen MR) is 84.3 cm³/mol. The van der Waals surface area contributed by atoms with Gasteiger partial charge in [0.2, 0.25) is 5.88 Å². The van der Waals surface area contributed by atoms with E-state index in [1.807, 2.05) is 24.3 Å². The van der Waals surface area contributed by atoms with Crippen LogP contribution in [0.25, 0.3) is 0 Å². The zero-order valence-electron chi connectivity index (χ0n) is 12.1. The number of aromatic nitrogens is 1. The highest BCUT2D eigenvalue weighted by atomic mass is 32.2. The lowest BCUT2D eigenvalue weighted by molar-refractivity contribution is 0.261. The molecule has 2 N–H and O–H groups in total. The van der Waals surface area contributed by atoms with Crippen LogP contribution in [0.5, 0.6) is 5.88 Å². The molecule has 0 saturated carbocycles. The Morgan fingerprint density at radius 1 is 1.20 bits per heavy atom. The first-order chi connectivity index (χ1) is 9.56. The Bertz CT molecular complexity index is 584. The van der Waals surface area contributed by atoms with Gasteiger partial charge in [-0.15, -0.1) is 0 Å². The molecule has 3 nitrogen and oxygen atoms in total. The van der Waals surface area contributed by atoms with Crippen molar-refractivity contribution in [3.63, 3.8) is 0 Å². The normalized spacial score (nSPS) is 10.8. The van der Waals surface area contributed by atoms with Crippen molar-refractivity contribution in [3.05, 3.63) is 42.0 Å². The predicted octanol–water partition coefficient (Wildman–Crippen LogP) is 4.16. The maximum Gasteiger partial charge on any atom is 0.238 e. The molecule has 1 heterocycles. The molecule has 0 fully saturated rings. The van der Waals surface area contributed by atoms with Gasteiger partial charge in [0.1, 0.15) is 5.03 Å². The number of nitrogens with two attached hydrogens (primary N) is 1. The number of anilines is 1. The van der Waals surface area contributed by atoms with Gasteiger partial charge in [-0.1, -0.05) is 43.8 Å². The first kappa shape index (κ1) is 14.7. The number of ether oxygens (including phenoxy) is 1. The summed E-state index contributed by atoms with van der Waals surface area (Å²) in [6.45, 7) is 6.91. The molecular weight excluding hydrogens is 268 g/mol. The molecule has 0 unspecified atom stereocenters. The van der Waals surface area contributed by atoms with Crippen LogP contribution in [0.1, 0.15) is 19.4 Å². The standard InChI is InChI=1S/C16H20N2OS/c1-11(2)10-19-16-13(17)8-9-15(18-16)20-14-7-5-4-6-12(14)3/h4-9,11H,10,17H2,1-3H3. The summed E-state index contributed by atoms with van der Waals surface area (Å²) >= 11 is 1.62. The summed E-state index contributed by atoms with van der Waals surface area (Å²) in [5.74, 6) is 0.973. The summed E-state index contributed by atoms with van der Waals surface area (Å²) < 4.78 is 5.66. The Kier molecular flexibility index (Phi) is 4.90. The van der Waals surface area contributed by atoms with E-state index in [0.29, 0.717) is 24.1 Å². The minimum absolute atomic E-state index is 0.448. The van der Waals surface area contributed by atoms with Crippen molar-refractivity contribution in [1.29, 1.82) is 0 Å². The number of hydrogen-bond donors (Lipinski definition) is 1. The van der Waals surface area contributed by atoms with E-state index in [1.165, 1.54) is 10.5 Å². The number of nitrogen functional groups attached to an aromatic ring is 1. The van der Waals surface area contributed by atoms with Crippen LogP contribution in [-0.2, 0) is 0 Å². The zero-order valence-corrected chi connectivity index (χ0v) is 12.9. The molecule has 1 aromatic heterocycles. The topological polar surface area (TPSA) is 48.1 Å². The van der Waals surface area contributed by atoms with E-state index in [2.05, 4.69) is 37.9 Å². The highest BCUT2D eigenvalue weighted by molar-refractivity contribution is 7.99. The van der Waals surface area contributed by atoms with E-state index in [4.69, 9.17) is 10.5 Å². The lowest BCUT2D eigenvalue weighted by atomic mass is 10.2. The van der Waals surface area contributed by atoms with Gasteiger partial charge < -0.3 is 10.5 Å². The van der Waals surface area contributed by atoms with E-state index in [9.17, 15) is 0 Å². The molecule has 0 atom stereocenters. The minimum atomic E-state index is 0.448. The summed E-state index contributed by atoms with van der Waals surface area (Å²) in [5.41, 5.74) is 7.72. The highest BCUT2D eigenvalue weighted by Crippen LogP contribution is 2.31. The number of nitrogens with zero attached hydrogens (tertiary/aromatic N) is 1. The molecule has 0 aliphatic heterocycles.